The molecule has 0 saturated carbocycles. The summed E-state index contributed by atoms with van der Waals surface area (Å²) in [6.07, 6.45) is 2.41. The summed E-state index contributed by atoms with van der Waals surface area (Å²) < 4.78 is 0. The summed E-state index contributed by atoms with van der Waals surface area (Å²) in [5.41, 5.74) is -0.0962. The molecule has 1 N–H and O–H groups in total. The third-order valence-corrected chi connectivity index (χ3v) is 2.94. The molecule has 1 unspecified atom stereocenters. The minimum absolute atomic E-state index is 0.0962. The molecule has 0 fully saturated rings. The van der Waals surface area contributed by atoms with Crippen LogP contribution in [0, 0.1) is 10.1 Å². The highest BCUT2D eigenvalue weighted by Crippen LogP contribution is 2.10. The largest absolute Gasteiger partial charge is 0.351 e. The zero-order valence-corrected chi connectivity index (χ0v) is 10.0. The van der Waals surface area contributed by atoms with Gasteiger partial charge in [-0.25, -0.2) is 9.97 Å². The number of rotatable bonds is 6. The molecule has 1 aromatic rings. The molecule has 1 rings (SSSR count). The van der Waals surface area contributed by atoms with Crippen LogP contribution in [0.25, 0.3) is 0 Å². The van der Waals surface area contributed by atoms with Crippen LogP contribution >= 0.6 is 11.8 Å². The molecule has 0 bridgehead atoms. The molecule has 0 radical (unpaired) electrons. The molecule has 1 aromatic heterocycles. The summed E-state index contributed by atoms with van der Waals surface area (Å²) in [4.78, 5) is 17.6. The van der Waals surface area contributed by atoms with Crippen LogP contribution in [0.5, 0.6) is 0 Å². The van der Waals surface area contributed by atoms with Crippen molar-refractivity contribution in [3.8, 4) is 0 Å². The third kappa shape index (κ3) is 4.01. The Kier molecular flexibility index (Phi) is 4.97. The second kappa shape index (κ2) is 6.26. The quantitative estimate of drug-likeness (QED) is 0.606. The van der Waals surface area contributed by atoms with E-state index < -0.39 is 4.92 Å². The number of nitrogens with zero attached hydrogens (tertiary/aromatic N) is 3. The lowest BCUT2D eigenvalue weighted by atomic mass is 10.4. The molecular formula is C9H14N4O2S. The van der Waals surface area contributed by atoms with Gasteiger partial charge >= 0.3 is 5.69 Å². The lowest BCUT2D eigenvalue weighted by Crippen LogP contribution is -2.19. The molecular weight excluding hydrogens is 228 g/mol. The van der Waals surface area contributed by atoms with Gasteiger partial charge in [-0.05, 0) is 12.7 Å². The van der Waals surface area contributed by atoms with Crippen LogP contribution in [0.2, 0.25) is 0 Å². The zero-order chi connectivity index (χ0) is 12.0. The van der Waals surface area contributed by atoms with Crippen LogP contribution in [0.3, 0.4) is 0 Å². The topological polar surface area (TPSA) is 81.0 Å². The van der Waals surface area contributed by atoms with E-state index in [9.17, 15) is 10.1 Å². The van der Waals surface area contributed by atoms with Crippen LogP contribution in [0.4, 0.5) is 11.6 Å². The molecule has 16 heavy (non-hydrogen) atoms. The van der Waals surface area contributed by atoms with Crippen LogP contribution in [-0.2, 0) is 0 Å². The van der Waals surface area contributed by atoms with Gasteiger partial charge in [0, 0.05) is 11.8 Å². The van der Waals surface area contributed by atoms with E-state index in [1.54, 1.807) is 0 Å². The highest BCUT2D eigenvalue weighted by Gasteiger charge is 2.08. The number of thioether (sulfide) groups is 1. The van der Waals surface area contributed by atoms with Gasteiger partial charge in [0.05, 0.1) is 4.92 Å². The van der Waals surface area contributed by atoms with Crippen molar-refractivity contribution < 1.29 is 4.92 Å². The second-order valence-electron chi connectivity index (χ2n) is 3.23. The van der Waals surface area contributed by atoms with Gasteiger partial charge in [-0.15, -0.1) is 0 Å². The number of nitrogens with one attached hydrogen (secondary N) is 1. The lowest BCUT2D eigenvalue weighted by Gasteiger charge is -2.12. The molecule has 6 nitrogen and oxygen atoms in total. The maximum atomic E-state index is 10.4. The smallest absolute Gasteiger partial charge is 0.305 e. The first-order valence-electron chi connectivity index (χ1n) is 4.94. The van der Waals surface area contributed by atoms with Gasteiger partial charge in [0.15, 0.2) is 0 Å². The number of nitro groups is 1. The Hall–Kier alpha value is -1.37. The lowest BCUT2D eigenvalue weighted by molar-refractivity contribution is -0.385. The van der Waals surface area contributed by atoms with E-state index in [1.165, 1.54) is 12.4 Å². The average Bonchev–Trinajstić information content (AvgIpc) is 2.27. The van der Waals surface area contributed by atoms with Crippen molar-refractivity contribution in [1.29, 1.82) is 0 Å². The molecule has 1 atom stereocenters. The van der Waals surface area contributed by atoms with Crippen LogP contribution < -0.4 is 5.32 Å². The molecule has 0 saturated heterocycles. The molecule has 0 aromatic carbocycles. The Labute approximate surface area is 98.0 Å². The molecule has 0 spiro atoms. The van der Waals surface area contributed by atoms with Crippen molar-refractivity contribution in [2.75, 3.05) is 16.8 Å². The maximum Gasteiger partial charge on any atom is 0.305 e. The van der Waals surface area contributed by atoms with Crippen molar-refractivity contribution in [1.82, 2.24) is 9.97 Å². The second-order valence-corrected chi connectivity index (χ2v) is 4.55. The van der Waals surface area contributed by atoms with Gasteiger partial charge in [-0.1, -0.05) is 6.92 Å². The third-order valence-electron chi connectivity index (χ3n) is 1.80. The Morgan fingerprint density at radius 3 is 2.69 bits per heavy atom. The summed E-state index contributed by atoms with van der Waals surface area (Å²) in [5.74, 6) is 2.44. The van der Waals surface area contributed by atoms with Gasteiger partial charge in [-0.2, -0.15) is 11.8 Å². The molecule has 0 aliphatic carbocycles. The number of aromatic nitrogens is 2. The Morgan fingerprint density at radius 1 is 1.56 bits per heavy atom. The Bertz CT molecular complexity index is 344. The van der Waals surface area contributed by atoms with Gasteiger partial charge < -0.3 is 5.32 Å². The standard InChI is InChI=1S/C9H14N4O2S/c1-3-16-6-7(2)12-9-10-4-8(5-11-9)13(14)15/h4-5,7H,3,6H2,1-2H3,(H,10,11,12). The summed E-state index contributed by atoms with van der Waals surface area (Å²) in [6.45, 7) is 4.12. The van der Waals surface area contributed by atoms with E-state index in [0.29, 0.717) is 5.95 Å². The van der Waals surface area contributed by atoms with Crippen molar-refractivity contribution >= 4 is 23.4 Å². The van der Waals surface area contributed by atoms with E-state index in [-0.39, 0.29) is 11.7 Å². The minimum atomic E-state index is -0.514. The minimum Gasteiger partial charge on any atom is -0.351 e. The fourth-order valence-electron chi connectivity index (χ4n) is 1.05. The van der Waals surface area contributed by atoms with Crippen LogP contribution in [0.15, 0.2) is 12.4 Å². The molecule has 7 heteroatoms. The molecule has 0 aliphatic rings. The predicted molar refractivity (Wildman–Crippen MR) is 64.8 cm³/mol. The van der Waals surface area contributed by atoms with Gasteiger partial charge in [0.2, 0.25) is 5.95 Å². The fraction of sp³-hybridized carbons (Fsp3) is 0.556. The summed E-state index contributed by atoms with van der Waals surface area (Å²) in [5, 5.41) is 13.5. The first kappa shape index (κ1) is 12.7. The first-order chi connectivity index (χ1) is 7.63. The van der Waals surface area contributed by atoms with E-state index in [2.05, 4.69) is 22.2 Å². The molecule has 1 heterocycles. The average molecular weight is 242 g/mol. The van der Waals surface area contributed by atoms with E-state index in [1.807, 2.05) is 18.7 Å². The molecule has 0 aliphatic heterocycles. The van der Waals surface area contributed by atoms with Crippen LogP contribution in [0.1, 0.15) is 13.8 Å². The van der Waals surface area contributed by atoms with Crippen molar-refractivity contribution in [2.24, 2.45) is 0 Å². The van der Waals surface area contributed by atoms with Gasteiger partial charge in [0.1, 0.15) is 12.4 Å². The SMILES string of the molecule is CCSCC(C)Nc1ncc([N+](=O)[O-])cn1. The number of anilines is 1. The fourth-order valence-corrected chi connectivity index (χ4v) is 1.72. The van der Waals surface area contributed by atoms with E-state index in [4.69, 9.17) is 0 Å². The zero-order valence-electron chi connectivity index (χ0n) is 9.21. The Morgan fingerprint density at radius 2 is 2.19 bits per heavy atom. The highest BCUT2D eigenvalue weighted by atomic mass is 32.2. The predicted octanol–water partition coefficient (Wildman–Crippen LogP) is 1.94. The van der Waals surface area contributed by atoms with Crippen LogP contribution in [-0.4, -0.2) is 32.4 Å². The first-order valence-corrected chi connectivity index (χ1v) is 6.09. The van der Waals surface area contributed by atoms with Gasteiger partial charge in [-0.3, -0.25) is 10.1 Å². The van der Waals surface area contributed by atoms with Crippen molar-refractivity contribution in [3.63, 3.8) is 0 Å². The number of hydrogen-bond donors (Lipinski definition) is 1. The molecule has 88 valence electrons. The molecule has 0 amide bonds. The van der Waals surface area contributed by atoms with E-state index >= 15 is 0 Å². The van der Waals surface area contributed by atoms with Gasteiger partial charge in [0.25, 0.3) is 0 Å². The monoisotopic (exact) mass is 242 g/mol. The highest BCUT2D eigenvalue weighted by molar-refractivity contribution is 7.99. The summed E-state index contributed by atoms with van der Waals surface area (Å²) in [6, 6.07) is 0.242. The normalized spacial score (nSPS) is 12.1. The summed E-state index contributed by atoms with van der Waals surface area (Å²) >= 11 is 1.82. The van der Waals surface area contributed by atoms with E-state index in [0.717, 1.165) is 11.5 Å². The van der Waals surface area contributed by atoms with Crippen molar-refractivity contribution in [2.45, 2.75) is 19.9 Å². The Balaban J connectivity index is 2.51. The summed E-state index contributed by atoms with van der Waals surface area (Å²) in [7, 11) is 0. The van der Waals surface area contributed by atoms with Crippen molar-refractivity contribution in [3.05, 3.63) is 22.5 Å². The number of hydrogen-bond acceptors (Lipinski definition) is 6. The maximum absolute atomic E-state index is 10.4.